The molecule has 0 aliphatic carbocycles. The van der Waals surface area contributed by atoms with E-state index in [9.17, 15) is 0 Å². The molecule has 0 radical (unpaired) electrons. The number of anilines is 1. The zero-order valence-electron chi connectivity index (χ0n) is 7.97. The van der Waals surface area contributed by atoms with Crippen LogP contribution in [0.4, 0.5) is 5.69 Å². The number of nitrogens with zero attached hydrogens (tertiary/aromatic N) is 1. The van der Waals surface area contributed by atoms with Gasteiger partial charge in [-0.3, -0.25) is 0 Å². The second kappa shape index (κ2) is 4.83. The molecule has 0 saturated heterocycles. The van der Waals surface area contributed by atoms with Crippen molar-refractivity contribution < 1.29 is 0 Å². The van der Waals surface area contributed by atoms with Crippen molar-refractivity contribution in [3.63, 3.8) is 0 Å². The molecular weight excluding hydrogens is 240 g/mol. The molecule has 0 atom stereocenters. The van der Waals surface area contributed by atoms with E-state index in [1.165, 1.54) is 0 Å². The Hall–Kier alpha value is -1.27. The molecule has 14 heavy (non-hydrogen) atoms. The van der Waals surface area contributed by atoms with Gasteiger partial charge in [-0.25, -0.2) is 0 Å². The summed E-state index contributed by atoms with van der Waals surface area (Å²) in [4.78, 5) is 0. The van der Waals surface area contributed by atoms with Gasteiger partial charge in [0.2, 0.25) is 0 Å². The van der Waals surface area contributed by atoms with Crippen molar-refractivity contribution >= 4 is 27.2 Å². The third-order valence-electron chi connectivity index (χ3n) is 1.81. The van der Waals surface area contributed by atoms with E-state index in [1.807, 2.05) is 25.1 Å². The first-order valence-corrected chi connectivity index (χ1v) is 5.11. The highest BCUT2D eigenvalue weighted by molar-refractivity contribution is 9.10. The fourth-order valence-corrected chi connectivity index (χ4v) is 1.53. The van der Waals surface area contributed by atoms with Gasteiger partial charge in [-0.05, 0) is 25.1 Å². The van der Waals surface area contributed by atoms with Gasteiger partial charge in [0.1, 0.15) is 0 Å². The molecule has 0 saturated carbocycles. The summed E-state index contributed by atoms with van der Waals surface area (Å²) in [7, 11) is 0. The maximum Gasteiger partial charge on any atom is 0.0992 e. The van der Waals surface area contributed by atoms with Crippen molar-refractivity contribution in [3.05, 3.63) is 34.8 Å². The first-order chi connectivity index (χ1) is 6.69. The van der Waals surface area contributed by atoms with E-state index >= 15 is 0 Å². The van der Waals surface area contributed by atoms with Crippen molar-refractivity contribution in [1.29, 1.82) is 5.26 Å². The first kappa shape index (κ1) is 10.8. The quantitative estimate of drug-likeness (QED) is 0.835. The van der Waals surface area contributed by atoms with Crippen LogP contribution in [-0.2, 0) is 0 Å². The summed E-state index contributed by atoms with van der Waals surface area (Å²) in [5, 5.41) is 12.0. The lowest BCUT2D eigenvalue weighted by molar-refractivity contribution is 1.21. The minimum Gasteiger partial charge on any atom is -0.385 e. The molecule has 0 spiro atoms. The summed E-state index contributed by atoms with van der Waals surface area (Å²) in [6.07, 6.45) is 0. The van der Waals surface area contributed by atoms with E-state index in [1.54, 1.807) is 0 Å². The van der Waals surface area contributed by atoms with Crippen LogP contribution in [-0.4, -0.2) is 6.54 Å². The van der Waals surface area contributed by atoms with E-state index in [2.05, 4.69) is 33.9 Å². The summed E-state index contributed by atoms with van der Waals surface area (Å²) >= 11 is 3.37. The lowest BCUT2D eigenvalue weighted by Gasteiger charge is -2.09. The van der Waals surface area contributed by atoms with Crippen LogP contribution in [0.1, 0.15) is 12.5 Å². The minimum absolute atomic E-state index is 0.474. The van der Waals surface area contributed by atoms with Crippen molar-refractivity contribution in [3.8, 4) is 6.07 Å². The highest BCUT2D eigenvalue weighted by atomic mass is 79.9. The van der Waals surface area contributed by atoms with Crippen LogP contribution in [0.2, 0.25) is 0 Å². The van der Waals surface area contributed by atoms with Gasteiger partial charge in [0.15, 0.2) is 0 Å². The van der Waals surface area contributed by atoms with Crippen LogP contribution >= 0.6 is 15.9 Å². The molecule has 0 fully saturated rings. The van der Waals surface area contributed by atoms with Crippen LogP contribution in [0.5, 0.6) is 0 Å². The third-order valence-corrected chi connectivity index (χ3v) is 2.30. The van der Waals surface area contributed by atoms with Gasteiger partial charge in [-0.15, -0.1) is 0 Å². The summed E-state index contributed by atoms with van der Waals surface area (Å²) < 4.78 is 0.950. The van der Waals surface area contributed by atoms with Crippen LogP contribution in [0.3, 0.4) is 0 Å². The number of allylic oxidation sites excluding steroid dienone is 1. The summed E-state index contributed by atoms with van der Waals surface area (Å²) in [6.45, 7) is 6.55. The lowest BCUT2D eigenvalue weighted by atomic mass is 10.1. The Morgan fingerprint density at radius 1 is 1.64 bits per heavy atom. The molecule has 0 aliphatic rings. The molecular formula is C11H11BrN2. The highest BCUT2D eigenvalue weighted by Crippen LogP contribution is 2.26. The van der Waals surface area contributed by atoms with Crippen molar-refractivity contribution in [2.45, 2.75) is 6.92 Å². The lowest BCUT2D eigenvalue weighted by Crippen LogP contribution is -1.99. The van der Waals surface area contributed by atoms with Gasteiger partial charge < -0.3 is 5.32 Å². The van der Waals surface area contributed by atoms with Gasteiger partial charge in [-0.1, -0.05) is 22.5 Å². The molecule has 72 valence electrons. The monoisotopic (exact) mass is 250 g/mol. The second-order valence-corrected chi connectivity index (χ2v) is 3.73. The number of nitrogens with one attached hydrogen (secondary N) is 1. The maximum absolute atomic E-state index is 8.78. The number of nitriles is 1. The average Bonchev–Trinajstić information content (AvgIpc) is 2.20. The number of hydrogen-bond acceptors (Lipinski definition) is 2. The van der Waals surface area contributed by atoms with Gasteiger partial charge in [0.05, 0.1) is 11.6 Å². The molecule has 0 amide bonds. The molecule has 0 unspecified atom stereocenters. The number of halogens is 1. The van der Waals surface area contributed by atoms with E-state index in [0.717, 1.165) is 22.3 Å². The smallest absolute Gasteiger partial charge is 0.0992 e. The fraction of sp³-hybridized carbons (Fsp3) is 0.182. The molecule has 0 bridgehead atoms. The SMILES string of the molecule is C=C(C#N)c1cc(Br)ccc1NCC. The molecule has 3 heteroatoms. The largest absolute Gasteiger partial charge is 0.385 e. The molecule has 0 aliphatic heterocycles. The standard InChI is InChI=1S/C11H11BrN2/c1-3-14-11-5-4-9(12)6-10(11)8(2)7-13/h4-6,14H,2-3H2,1H3. The normalized spacial score (nSPS) is 9.21. The Labute approximate surface area is 92.4 Å². The molecule has 0 heterocycles. The summed E-state index contributed by atoms with van der Waals surface area (Å²) in [5.41, 5.74) is 2.27. The van der Waals surface area contributed by atoms with E-state index in [-0.39, 0.29) is 0 Å². The molecule has 1 aromatic rings. The summed E-state index contributed by atoms with van der Waals surface area (Å²) in [5.74, 6) is 0. The van der Waals surface area contributed by atoms with Crippen LogP contribution in [0, 0.1) is 11.3 Å². The van der Waals surface area contributed by atoms with Crippen LogP contribution < -0.4 is 5.32 Å². The molecule has 0 aromatic heterocycles. The predicted octanol–water partition coefficient (Wildman–Crippen LogP) is 3.42. The molecule has 1 N–H and O–H groups in total. The van der Waals surface area contributed by atoms with E-state index < -0.39 is 0 Å². The highest BCUT2D eigenvalue weighted by Gasteiger charge is 2.05. The number of hydrogen-bond donors (Lipinski definition) is 1. The molecule has 1 aromatic carbocycles. The molecule has 1 rings (SSSR count). The minimum atomic E-state index is 0.474. The molecule has 2 nitrogen and oxygen atoms in total. The van der Waals surface area contributed by atoms with Gasteiger partial charge in [0, 0.05) is 22.3 Å². The van der Waals surface area contributed by atoms with Gasteiger partial charge in [-0.2, -0.15) is 5.26 Å². The Kier molecular flexibility index (Phi) is 3.73. The van der Waals surface area contributed by atoms with Gasteiger partial charge >= 0.3 is 0 Å². The van der Waals surface area contributed by atoms with Crippen molar-refractivity contribution in [2.24, 2.45) is 0 Å². The fourth-order valence-electron chi connectivity index (χ4n) is 1.17. The predicted molar refractivity (Wildman–Crippen MR) is 63.0 cm³/mol. The number of rotatable bonds is 3. The van der Waals surface area contributed by atoms with E-state index in [0.29, 0.717) is 5.57 Å². The maximum atomic E-state index is 8.78. The third kappa shape index (κ3) is 2.36. The van der Waals surface area contributed by atoms with Crippen molar-refractivity contribution in [1.82, 2.24) is 0 Å². The van der Waals surface area contributed by atoms with Gasteiger partial charge in [0.25, 0.3) is 0 Å². The Morgan fingerprint density at radius 2 is 2.36 bits per heavy atom. The second-order valence-electron chi connectivity index (χ2n) is 2.81. The zero-order chi connectivity index (χ0) is 10.6. The van der Waals surface area contributed by atoms with Crippen molar-refractivity contribution in [2.75, 3.05) is 11.9 Å². The first-order valence-electron chi connectivity index (χ1n) is 4.31. The van der Waals surface area contributed by atoms with E-state index in [4.69, 9.17) is 5.26 Å². The topological polar surface area (TPSA) is 35.8 Å². The Bertz CT molecular complexity index is 391. The average molecular weight is 251 g/mol. The summed E-state index contributed by atoms with van der Waals surface area (Å²) in [6, 6.07) is 7.82. The Balaban J connectivity index is 3.17. The number of benzene rings is 1. The zero-order valence-corrected chi connectivity index (χ0v) is 9.56. The van der Waals surface area contributed by atoms with Crippen LogP contribution in [0.25, 0.3) is 5.57 Å². The Morgan fingerprint density at radius 3 is 2.93 bits per heavy atom. The van der Waals surface area contributed by atoms with Crippen LogP contribution in [0.15, 0.2) is 29.3 Å².